The molecule has 0 fully saturated rings. The summed E-state index contributed by atoms with van der Waals surface area (Å²) in [6.07, 6.45) is 3.34. The second-order valence-corrected chi connectivity index (χ2v) is 9.55. The number of anilines is 3. The molecule has 0 radical (unpaired) electrons. The fourth-order valence-corrected chi connectivity index (χ4v) is 3.57. The van der Waals surface area contributed by atoms with Crippen LogP contribution in [0.3, 0.4) is 0 Å². The quantitative estimate of drug-likeness (QED) is 0.562. The van der Waals surface area contributed by atoms with Gasteiger partial charge in [0.1, 0.15) is 12.4 Å². The molecule has 1 aliphatic heterocycles. The zero-order valence-electron chi connectivity index (χ0n) is 19.9. The van der Waals surface area contributed by atoms with Gasteiger partial charge in [-0.2, -0.15) is 0 Å². The highest BCUT2D eigenvalue weighted by Crippen LogP contribution is 2.40. The molecule has 0 spiro atoms. The summed E-state index contributed by atoms with van der Waals surface area (Å²) in [7, 11) is 0. The van der Waals surface area contributed by atoms with E-state index in [1.165, 1.54) is 0 Å². The number of ether oxygens (including phenoxy) is 2. The molecule has 1 unspecified atom stereocenters. The molecule has 0 saturated carbocycles. The molecule has 8 nitrogen and oxygen atoms in total. The Morgan fingerprint density at radius 2 is 2.00 bits per heavy atom. The number of hydrogen-bond acceptors (Lipinski definition) is 7. The summed E-state index contributed by atoms with van der Waals surface area (Å²) < 4.78 is 11.6. The molecular weight excluding hydrogens is 432 g/mol. The molecule has 8 heteroatoms. The lowest BCUT2D eigenvalue weighted by molar-refractivity contribution is 0.102. The first-order valence-corrected chi connectivity index (χ1v) is 11.2. The summed E-state index contributed by atoms with van der Waals surface area (Å²) in [5, 5.41) is 12.8. The second kappa shape index (κ2) is 9.69. The van der Waals surface area contributed by atoms with E-state index in [0.717, 1.165) is 5.56 Å². The molecule has 4 rings (SSSR count). The smallest absolute Gasteiger partial charge is 0.259 e. The van der Waals surface area contributed by atoms with Gasteiger partial charge in [-0.05, 0) is 42.2 Å². The number of aryl methyl sites for hydroxylation is 1. The van der Waals surface area contributed by atoms with Gasteiger partial charge in [-0.1, -0.05) is 32.9 Å². The van der Waals surface area contributed by atoms with E-state index in [4.69, 9.17) is 9.47 Å². The molecule has 2 N–H and O–H groups in total. The summed E-state index contributed by atoms with van der Waals surface area (Å²) in [5.41, 5.74) is 2.68. The minimum atomic E-state index is -0.318. The van der Waals surface area contributed by atoms with Crippen molar-refractivity contribution >= 4 is 23.1 Å². The molecule has 1 aliphatic rings. The third-order valence-corrected chi connectivity index (χ3v) is 5.28. The first kappa shape index (κ1) is 23.5. The van der Waals surface area contributed by atoms with Crippen LogP contribution >= 0.6 is 0 Å². The van der Waals surface area contributed by atoms with Crippen molar-refractivity contribution in [3.8, 4) is 11.6 Å². The zero-order chi connectivity index (χ0) is 24.3. The molecule has 1 atom stereocenters. The number of benzene rings is 1. The first-order chi connectivity index (χ1) is 16.2. The number of pyridine rings is 2. The number of hydrogen-bond donors (Lipinski definition) is 2. The number of carbonyl (C=O) groups excluding carboxylic acids is 1. The molecule has 2 aromatic heterocycles. The molecule has 1 amide bonds. The van der Waals surface area contributed by atoms with E-state index in [0.29, 0.717) is 41.0 Å². The molecule has 0 saturated heterocycles. The number of fused-ring (bicyclic) bond motifs is 1. The average molecular weight is 463 g/mol. The van der Waals surface area contributed by atoms with Crippen molar-refractivity contribution in [2.45, 2.75) is 33.7 Å². The van der Waals surface area contributed by atoms with Gasteiger partial charge < -0.3 is 24.8 Å². The number of aromatic nitrogens is 2. The number of para-hydroxylation sites is 1. The summed E-state index contributed by atoms with van der Waals surface area (Å²) in [6.45, 7) is 8.88. The van der Waals surface area contributed by atoms with Crippen molar-refractivity contribution in [2.24, 2.45) is 5.41 Å². The Kier molecular flexibility index (Phi) is 6.70. The Balaban J connectivity index is 1.56. The van der Waals surface area contributed by atoms with Gasteiger partial charge in [0.2, 0.25) is 5.88 Å². The molecule has 1 aromatic carbocycles. The number of nitrogens with one attached hydrogen (secondary N) is 1. The molecule has 0 bridgehead atoms. The average Bonchev–Trinajstić information content (AvgIpc) is 2.82. The third kappa shape index (κ3) is 5.28. The fourth-order valence-electron chi connectivity index (χ4n) is 3.57. The lowest BCUT2D eigenvalue weighted by Crippen LogP contribution is -2.43. The highest BCUT2D eigenvalue weighted by atomic mass is 16.5. The largest absolute Gasteiger partial charge is 0.488 e. The van der Waals surface area contributed by atoms with Gasteiger partial charge in [-0.25, -0.2) is 9.97 Å². The summed E-state index contributed by atoms with van der Waals surface area (Å²) in [6, 6.07) is 12.4. The van der Waals surface area contributed by atoms with Crippen molar-refractivity contribution < 1.29 is 19.4 Å². The molecule has 3 aromatic rings. The molecule has 0 aliphatic carbocycles. The van der Waals surface area contributed by atoms with Crippen LogP contribution in [0.4, 0.5) is 17.2 Å². The predicted molar refractivity (Wildman–Crippen MR) is 131 cm³/mol. The number of rotatable bonds is 6. The zero-order valence-corrected chi connectivity index (χ0v) is 19.9. The van der Waals surface area contributed by atoms with E-state index in [1.54, 1.807) is 36.7 Å². The van der Waals surface area contributed by atoms with E-state index in [1.807, 2.05) is 30.0 Å². The summed E-state index contributed by atoms with van der Waals surface area (Å²) >= 11 is 0. The van der Waals surface area contributed by atoms with Gasteiger partial charge in [0.25, 0.3) is 5.91 Å². The Bertz CT molecular complexity index is 1140. The SMILES string of the molecule is Cc1ccc(N2c3cccc(C(=O)Nc4ccc(OCC(C)(C)C)nc4)c3OCC2CO)nc1. The van der Waals surface area contributed by atoms with Crippen LogP contribution in [0.25, 0.3) is 0 Å². The first-order valence-electron chi connectivity index (χ1n) is 11.2. The van der Waals surface area contributed by atoms with Gasteiger partial charge in [-0.3, -0.25) is 4.79 Å². The van der Waals surface area contributed by atoms with Gasteiger partial charge in [0, 0.05) is 12.3 Å². The Morgan fingerprint density at radius 1 is 1.18 bits per heavy atom. The maximum Gasteiger partial charge on any atom is 0.259 e. The third-order valence-electron chi connectivity index (χ3n) is 5.28. The lowest BCUT2D eigenvalue weighted by atomic mass is 9.99. The van der Waals surface area contributed by atoms with E-state index >= 15 is 0 Å². The van der Waals surface area contributed by atoms with E-state index in [-0.39, 0.29) is 30.6 Å². The Morgan fingerprint density at radius 3 is 2.65 bits per heavy atom. The number of aliphatic hydroxyl groups excluding tert-OH is 1. The van der Waals surface area contributed by atoms with Crippen molar-refractivity contribution in [1.29, 1.82) is 0 Å². The van der Waals surface area contributed by atoms with Gasteiger partial charge in [-0.15, -0.1) is 0 Å². The van der Waals surface area contributed by atoms with Crippen LogP contribution in [0.2, 0.25) is 0 Å². The van der Waals surface area contributed by atoms with Crippen molar-refractivity contribution in [3.63, 3.8) is 0 Å². The van der Waals surface area contributed by atoms with Crippen LogP contribution < -0.4 is 19.7 Å². The van der Waals surface area contributed by atoms with Crippen LogP contribution in [-0.2, 0) is 0 Å². The van der Waals surface area contributed by atoms with E-state index in [9.17, 15) is 9.90 Å². The molecular formula is C26H30N4O4. The minimum Gasteiger partial charge on any atom is -0.488 e. The van der Waals surface area contributed by atoms with E-state index < -0.39 is 0 Å². The van der Waals surface area contributed by atoms with E-state index in [2.05, 4.69) is 36.1 Å². The normalized spacial score (nSPS) is 15.3. The monoisotopic (exact) mass is 462 g/mol. The summed E-state index contributed by atoms with van der Waals surface area (Å²) in [5.74, 6) is 1.32. The predicted octanol–water partition coefficient (Wildman–Crippen LogP) is 4.35. The number of carbonyl (C=O) groups is 1. The van der Waals surface area contributed by atoms with Crippen molar-refractivity contribution in [2.75, 3.05) is 30.0 Å². The fraction of sp³-hybridized carbons (Fsp3) is 0.346. The highest BCUT2D eigenvalue weighted by Gasteiger charge is 2.32. The van der Waals surface area contributed by atoms with Crippen LogP contribution in [0, 0.1) is 12.3 Å². The Labute approximate surface area is 199 Å². The van der Waals surface area contributed by atoms with Crippen molar-refractivity contribution in [1.82, 2.24) is 9.97 Å². The van der Waals surface area contributed by atoms with Crippen LogP contribution in [0.5, 0.6) is 11.6 Å². The van der Waals surface area contributed by atoms with Crippen LogP contribution in [0.1, 0.15) is 36.7 Å². The number of aliphatic hydroxyl groups is 1. The maximum absolute atomic E-state index is 13.1. The van der Waals surface area contributed by atoms with Gasteiger partial charge in [0.15, 0.2) is 5.75 Å². The number of nitrogens with zero attached hydrogens (tertiary/aromatic N) is 3. The van der Waals surface area contributed by atoms with Crippen molar-refractivity contribution in [3.05, 3.63) is 66.0 Å². The van der Waals surface area contributed by atoms with Gasteiger partial charge in [0.05, 0.1) is 42.4 Å². The van der Waals surface area contributed by atoms with Gasteiger partial charge >= 0.3 is 0 Å². The molecule has 3 heterocycles. The Hall–Kier alpha value is -3.65. The maximum atomic E-state index is 13.1. The van der Waals surface area contributed by atoms with Crippen LogP contribution in [-0.4, -0.2) is 46.8 Å². The topological polar surface area (TPSA) is 96.8 Å². The lowest BCUT2D eigenvalue weighted by Gasteiger charge is -2.37. The molecule has 178 valence electrons. The highest BCUT2D eigenvalue weighted by molar-refractivity contribution is 6.07. The second-order valence-electron chi connectivity index (χ2n) is 9.55. The minimum absolute atomic E-state index is 0.0258. The van der Waals surface area contributed by atoms with Crippen LogP contribution in [0.15, 0.2) is 54.9 Å². The number of amides is 1. The standard InChI is InChI=1S/C26H30N4O4/c1-17-8-10-22(27-12-17)30-19(14-31)15-33-24-20(6-5-7-21(24)30)25(32)29-18-9-11-23(28-13-18)34-16-26(2,3)4/h5-13,19,31H,14-16H2,1-4H3,(H,29,32). The summed E-state index contributed by atoms with van der Waals surface area (Å²) in [4.78, 5) is 23.8. The molecule has 34 heavy (non-hydrogen) atoms.